The van der Waals surface area contributed by atoms with Gasteiger partial charge in [-0.3, -0.25) is 0 Å². The zero-order valence-corrected chi connectivity index (χ0v) is 12.8. The highest BCUT2D eigenvalue weighted by Crippen LogP contribution is 2.11. The van der Waals surface area contributed by atoms with Crippen LogP contribution < -0.4 is 0 Å². The lowest BCUT2D eigenvalue weighted by atomic mass is 10.2. The quantitative estimate of drug-likeness (QED) is 0.758. The van der Waals surface area contributed by atoms with Crippen molar-refractivity contribution in [2.24, 2.45) is 0 Å². The number of hydrogen-bond donors (Lipinski definition) is 0. The second-order valence-corrected chi connectivity index (χ2v) is 6.41. The van der Waals surface area contributed by atoms with Gasteiger partial charge in [-0.2, -0.15) is 12.7 Å². The second-order valence-electron chi connectivity index (χ2n) is 4.45. The zero-order chi connectivity index (χ0) is 15.3. The largest absolute Gasteiger partial charge is 0.359 e. The molecule has 0 saturated heterocycles. The highest BCUT2D eigenvalue weighted by molar-refractivity contribution is 7.87. The van der Waals surface area contributed by atoms with Gasteiger partial charge in [-0.25, -0.2) is 9.63 Å². The lowest BCUT2D eigenvalue weighted by Gasteiger charge is -2.26. The van der Waals surface area contributed by atoms with E-state index in [0.29, 0.717) is 4.47 Å². The topological polar surface area (TPSA) is 70.2 Å². The molecule has 0 spiro atoms. The highest BCUT2D eigenvalue weighted by Gasteiger charge is 2.32. The first-order valence-electron chi connectivity index (χ1n) is 5.87. The lowest BCUT2D eigenvalue weighted by Crippen LogP contribution is -2.47. The van der Waals surface area contributed by atoms with Gasteiger partial charge in [0.2, 0.25) is 0 Å². The van der Waals surface area contributed by atoms with Crippen LogP contribution in [0, 0.1) is 0 Å². The number of urea groups is 1. The van der Waals surface area contributed by atoms with Crippen molar-refractivity contribution in [3.05, 3.63) is 35.9 Å². The van der Waals surface area contributed by atoms with E-state index in [4.69, 9.17) is 4.84 Å². The van der Waals surface area contributed by atoms with Crippen LogP contribution >= 0.6 is 0 Å². The van der Waals surface area contributed by atoms with Crippen molar-refractivity contribution in [1.82, 2.24) is 13.7 Å². The summed E-state index contributed by atoms with van der Waals surface area (Å²) >= 11 is 0. The molecule has 0 bridgehead atoms. The average Bonchev–Trinajstić information content (AvgIpc) is 2.39. The number of nitrogens with zero attached hydrogens (tertiary/aromatic N) is 3. The Bertz CT molecular complexity index is 543. The molecule has 1 rings (SSSR count). The summed E-state index contributed by atoms with van der Waals surface area (Å²) in [6, 6.07) is 8.23. The molecular weight excluding hydrogens is 282 g/mol. The summed E-state index contributed by atoms with van der Waals surface area (Å²) in [5.41, 5.74) is 0.762. The Morgan fingerprint density at radius 3 is 2.10 bits per heavy atom. The standard InChI is InChI=1S/C12H19N3O4S/c1-13(2)12(16)15(20(17,18)14(3)4)19-10-11-8-6-5-7-9-11/h5-9H,10H2,1-4H3. The molecule has 112 valence electrons. The Morgan fingerprint density at radius 1 is 1.10 bits per heavy atom. The predicted octanol–water partition coefficient (Wildman–Crippen LogP) is 0.908. The highest BCUT2D eigenvalue weighted by atomic mass is 32.2. The summed E-state index contributed by atoms with van der Waals surface area (Å²) in [5, 5.41) is 0. The Kier molecular flexibility index (Phi) is 5.49. The third-order valence-corrected chi connectivity index (χ3v) is 4.00. The minimum absolute atomic E-state index is 0.0203. The van der Waals surface area contributed by atoms with E-state index in [-0.39, 0.29) is 6.61 Å². The number of benzene rings is 1. The van der Waals surface area contributed by atoms with Gasteiger partial charge < -0.3 is 4.90 Å². The van der Waals surface area contributed by atoms with E-state index >= 15 is 0 Å². The smallest absolute Gasteiger partial charge is 0.328 e. The van der Waals surface area contributed by atoms with Gasteiger partial charge in [-0.05, 0) is 5.56 Å². The number of carbonyl (C=O) groups excluding carboxylic acids is 1. The van der Waals surface area contributed by atoms with Gasteiger partial charge in [-0.1, -0.05) is 34.8 Å². The maximum atomic E-state index is 12.1. The second kappa shape index (κ2) is 6.69. The Morgan fingerprint density at radius 2 is 1.65 bits per heavy atom. The van der Waals surface area contributed by atoms with Gasteiger partial charge >= 0.3 is 16.2 Å². The molecule has 0 N–H and O–H groups in total. The van der Waals surface area contributed by atoms with Crippen molar-refractivity contribution in [1.29, 1.82) is 0 Å². The summed E-state index contributed by atoms with van der Waals surface area (Å²) in [5.74, 6) is 0. The molecule has 2 amide bonds. The van der Waals surface area contributed by atoms with Crippen molar-refractivity contribution in [3.63, 3.8) is 0 Å². The fourth-order valence-corrected chi connectivity index (χ4v) is 2.08. The predicted molar refractivity (Wildman–Crippen MR) is 74.8 cm³/mol. The molecule has 0 saturated carbocycles. The van der Waals surface area contributed by atoms with Crippen LogP contribution in [0.4, 0.5) is 4.79 Å². The zero-order valence-electron chi connectivity index (χ0n) is 12.0. The summed E-state index contributed by atoms with van der Waals surface area (Å²) in [4.78, 5) is 18.3. The molecule has 0 aromatic heterocycles. The van der Waals surface area contributed by atoms with Crippen molar-refractivity contribution in [3.8, 4) is 0 Å². The van der Waals surface area contributed by atoms with Crippen molar-refractivity contribution < 1.29 is 18.0 Å². The van der Waals surface area contributed by atoms with Crippen LogP contribution in [-0.4, -0.2) is 56.3 Å². The van der Waals surface area contributed by atoms with Gasteiger partial charge in [0.05, 0.1) is 0 Å². The molecular formula is C12H19N3O4S. The van der Waals surface area contributed by atoms with E-state index in [1.165, 1.54) is 28.2 Å². The normalized spacial score (nSPS) is 11.4. The molecule has 0 radical (unpaired) electrons. The van der Waals surface area contributed by atoms with E-state index in [9.17, 15) is 13.2 Å². The van der Waals surface area contributed by atoms with Gasteiger partial charge in [0.15, 0.2) is 0 Å². The first-order chi connectivity index (χ1) is 9.26. The Balaban J connectivity index is 2.93. The molecule has 0 atom stereocenters. The first kappa shape index (κ1) is 16.4. The molecule has 0 aliphatic carbocycles. The third kappa shape index (κ3) is 3.92. The van der Waals surface area contributed by atoms with Crippen molar-refractivity contribution in [2.45, 2.75) is 6.61 Å². The summed E-state index contributed by atoms with van der Waals surface area (Å²) in [6.45, 7) is -0.0203. The van der Waals surface area contributed by atoms with E-state index in [0.717, 1.165) is 14.8 Å². The van der Waals surface area contributed by atoms with Gasteiger partial charge in [-0.15, -0.1) is 0 Å². The average molecular weight is 301 g/mol. The maximum absolute atomic E-state index is 12.1. The molecule has 0 aliphatic heterocycles. The molecule has 1 aromatic rings. The molecule has 0 unspecified atom stereocenters. The van der Waals surface area contributed by atoms with Crippen LogP contribution in [0.25, 0.3) is 0 Å². The van der Waals surface area contributed by atoms with E-state index in [1.807, 2.05) is 6.07 Å². The fourth-order valence-electron chi connectivity index (χ4n) is 1.24. The molecule has 1 aromatic carbocycles. The number of hydrogen-bond acceptors (Lipinski definition) is 4. The molecule has 7 nitrogen and oxygen atoms in total. The minimum Gasteiger partial charge on any atom is -0.328 e. The van der Waals surface area contributed by atoms with Crippen LogP contribution in [0.5, 0.6) is 0 Å². The van der Waals surface area contributed by atoms with Crippen molar-refractivity contribution >= 4 is 16.2 Å². The van der Waals surface area contributed by atoms with E-state index in [2.05, 4.69) is 0 Å². The van der Waals surface area contributed by atoms with Crippen LogP contribution in [0.2, 0.25) is 0 Å². The SMILES string of the molecule is CN(C)C(=O)N(OCc1ccccc1)S(=O)(=O)N(C)C. The fraction of sp³-hybridized carbons (Fsp3) is 0.417. The lowest BCUT2D eigenvalue weighted by molar-refractivity contribution is -0.0700. The summed E-state index contributed by atoms with van der Waals surface area (Å²) in [7, 11) is 1.56. The third-order valence-electron chi connectivity index (χ3n) is 2.40. The molecule has 0 fully saturated rings. The van der Waals surface area contributed by atoms with Crippen LogP contribution in [-0.2, 0) is 21.7 Å². The summed E-state index contributed by atoms with van der Waals surface area (Å²) < 4.78 is 25.5. The number of rotatable bonds is 5. The first-order valence-corrected chi connectivity index (χ1v) is 7.27. The molecule has 8 heteroatoms. The molecule has 0 heterocycles. The van der Waals surface area contributed by atoms with Crippen LogP contribution in [0.3, 0.4) is 0 Å². The number of amides is 2. The van der Waals surface area contributed by atoms with Gasteiger partial charge in [0, 0.05) is 28.2 Å². The minimum atomic E-state index is -4.00. The van der Waals surface area contributed by atoms with Crippen LogP contribution in [0.15, 0.2) is 30.3 Å². The monoisotopic (exact) mass is 301 g/mol. The Hall–Kier alpha value is -1.64. The number of carbonyl (C=O) groups is 1. The van der Waals surface area contributed by atoms with Gasteiger partial charge in [0.25, 0.3) is 0 Å². The van der Waals surface area contributed by atoms with E-state index in [1.54, 1.807) is 24.3 Å². The van der Waals surface area contributed by atoms with Gasteiger partial charge in [0.1, 0.15) is 6.61 Å². The Labute approximate surface area is 119 Å². The van der Waals surface area contributed by atoms with Crippen molar-refractivity contribution in [2.75, 3.05) is 28.2 Å². The summed E-state index contributed by atoms with van der Waals surface area (Å²) in [6.07, 6.45) is 0. The molecule has 20 heavy (non-hydrogen) atoms. The molecule has 0 aliphatic rings. The van der Waals surface area contributed by atoms with E-state index < -0.39 is 16.2 Å². The maximum Gasteiger partial charge on any atom is 0.359 e. The number of hydroxylamine groups is 1. The van der Waals surface area contributed by atoms with Crippen LogP contribution in [0.1, 0.15) is 5.56 Å².